The number of morpholine rings is 1. The number of fused-ring (bicyclic) bond motifs is 2. The summed E-state index contributed by atoms with van der Waals surface area (Å²) in [4.78, 5) is 28.8. The van der Waals surface area contributed by atoms with Gasteiger partial charge >= 0.3 is 0 Å². The van der Waals surface area contributed by atoms with Crippen LogP contribution in [0.4, 0.5) is 5.69 Å². The molecule has 2 aromatic carbocycles. The maximum Gasteiger partial charge on any atom is 0.250 e. The summed E-state index contributed by atoms with van der Waals surface area (Å²) < 4.78 is 5.39. The maximum absolute atomic E-state index is 12.7. The highest BCUT2D eigenvalue weighted by atomic mass is 35.5. The number of hydrogen-bond acceptors (Lipinski definition) is 5. The summed E-state index contributed by atoms with van der Waals surface area (Å²) in [7, 11) is 0. The van der Waals surface area contributed by atoms with Crippen LogP contribution in [-0.2, 0) is 27.2 Å². The van der Waals surface area contributed by atoms with Crippen LogP contribution < -0.4 is 10.6 Å². The smallest absolute Gasteiger partial charge is 0.250 e. The Balaban J connectivity index is 1.52. The van der Waals surface area contributed by atoms with Gasteiger partial charge in [-0.2, -0.15) is 0 Å². The van der Waals surface area contributed by atoms with E-state index in [1.807, 2.05) is 31.2 Å². The lowest BCUT2D eigenvalue weighted by atomic mass is 9.97. The van der Waals surface area contributed by atoms with E-state index in [2.05, 4.69) is 34.2 Å². The fourth-order valence-corrected chi connectivity index (χ4v) is 5.63. The van der Waals surface area contributed by atoms with Crippen LogP contribution in [0.5, 0.6) is 0 Å². The fourth-order valence-electron chi connectivity index (χ4n) is 4.35. The number of nitrogens with zero attached hydrogens (tertiary/aromatic N) is 1. The molecule has 0 bridgehead atoms. The van der Waals surface area contributed by atoms with Gasteiger partial charge in [-0.25, -0.2) is 0 Å². The number of carbonyl (C=O) groups excluding carboxylic acids is 2. The number of rotatable bonds is 6. The number of benzene rings is 2. The van der Waals surface area contributed by atoms with E-state index in [4.69, 9.17) is 16.3 Å². The molecule has 0 spiro atoms. The fraction of sp³-hybridized carbons (Fsp3) is 0.333. The summed E-state index contributed by atoms with van der Waals surface area (Å²) >= 11 is 7.32. The number of alkyl halides is 1. The van der Waals surface area contributed by atoms with Crippen molar-refractivity contribution in [3.8, 4) is 0 Å². The molecule has 0 aliphatic carbocycles. The van der Waals surface area contributed by atoms with Gasteiger partial charge in [0, 0.05) is 51.6 Å². The van der Waals surface area contributed by atoms with Crippen molar-refractivity contribution >= 4 is 46.6 Å². The zero-order valence-electron chi connectivity index (χ0n) is 19.9. The molecule has 184 valence electrons. The summed E-state index contributed by atoms with van der Waals surface area (Å²) in [5.74, 6) is -0.485. The first-order chi connectivity index (χ1) is 16.9. The largest absolute Gasteiger partial charge is 0.378 e. The van der Waals surface area contributed by atoms with E-state index in [9.17, 15) is 9.59 Å². The molecule has 2 amide bonds. The minimum absolute atomic E-state index is 0.0780. The summed E-state index contributed by atoms with van der Waals surface area (Å²) in [6.45, 7) is 9.07. The molecule has 4 rings (SSSR count). The summed E-state index contributed by atoms with van der Waals surface area (Å²) in [6.07, 6.45) is 4.42. The average Bonchev–Trinajstić information content (AvgIpc) is 2.84. The minimum atomic E-state index is -0.227. The molecule has 8 heteroatoms. The van der Waals surface area contributed by atoms with Gasteiger partial charge in [-0.15, -0.1) is 11.6 Å². The molecule has 1 saturated heterocycles. The number of allylic oxidation sites excluding steroid dienone is 1. The van der Waals surface area contributed by atoms with E-state index >= 15 is 0 Å². The van der Waals surface area contributed by atoms with Crippen molar-refractivity contribution in [2.75, 3.05) is 37.5 Å². The van der Waals surface area contributed by atoms with Gasteiger partial charge in [0.2, 0.25) is 11.8 Å². The Morgan fingerprint density at radius 3 is 2.74 bits per heavy atom. The Bertz CT molecular complexity index is 1160. The first-order valence-corrected chi connectivity index (χ1v) is 13.1. The van der Waals surface area contributed by atoms with Gasteiger partial charge in [0.1, 0.15) is 5.88 Å². The van der Waals surface area contributed by atoms with Crippen molar-refractivity contribution in [2.45, 2.75) is 36.0 Å². The quantitative estimate of drug-likeness (QED) is 0.429. The number of ether oxygens (including phenoxy) is 1. The van der Waals surface area contributed by atoms with Gasteiger partial charge in [-0.3, -0.25) is 9.59 Å². The molecule has 6 nitrogen and oxygen atoms in total. The summed E-state index contributed by atoms with van der Waals surface area (Å²) in [5.41, 5.74) is 5.65. The molecule has 0 radical (unpaired) electrons. The lowest BCUT2D eigenvalue weighted by molar-refractivity contribution is -0.115. The lowest BCUT2D eigenvalue weighted by Crippen LogP contribution is -2.35. The van der Waals surface area contributed by atoms with E-state index < -0.39 is 0 Å². The van der Waals surface area contributed by atoms with Gasteiger partial charge in [-0.05, 0) is 55.5 Å². The Labute approximate surface area is 215 Å². The van der Waals surface area contributed by atoms with E-state index in [0.717, 1.165) is 59.1 Å². The highest BCUT2D eigenvalue weighted by Gasteiger charge is 2.18. The molecule has 0 atom stereocenters. The van der Waals surface area contributed by atoms with Crippen LogP contribution in [0.1, 0.15) is 30.0 Å². The summed E-state index contributed by atoms with van der Waals surface area (Å²) in [6, 6.07) is 12.1. The van der Waals surface area contributed by atoms with E-state index in [1.165, 1.54) is 11.1 Å². The minimum Gasteiger partial charge on any atom is -0.378 e. The number of hydrogen-bond donors (Lipinski definition) is 2. The maximum atomic E-state index is 12.7. The second kappa shape index (κ2) is 11.8. The first-order valence-electron chi connectivity index (χ1n) is 11.7. The Morgan fingerprint density at radius 2 is 1.97 bits per heavy atom. The van der Waals surface area contributed by atoms with Gasteiger partial charge in [0.25, 0.3) is 0 Å². The molecule has 2 heterocycles. The normalized spacial score (nSPS) is 15.8. The number of aryl methyl sites for hydroxylation is 1. The second-order valence-electron chi connectivity index (χ2n) is 8.60. The van der Waals surface area contributed by atoms with Crippen molar-refractivity contribution in [3.05, 3.63) is 71.4 Å². The van der Waals surface area contributed by atoms with E-state index in [0.29, 0.717) is 18.9 Å². The van der Waals surface area contributed by atoms with Crippen molar-refractivity contribution in [2.24, 2.45) is 0 Å². The van der Waals surface area contributed by atoms with Gasteiger partial charge in [-0.1, -0.05) is 36.5 Å². The van der Waals surface area contributed by atoms with Crippen molar-refractivity contribution in [3.63, 3.8) is 0 Å². The highest BCUT2D eigenvalue weighted by molar-refractivity contribution is 7.99. The van der Waals surface area contributed by atoms with Gasteiger partial charge in [0.15, 0.2) is 0 Å². The molecule has 1 fully saturated rings. The van der Waals surface area contributed by atoms with E-state index in [1.54, 1.807) is 17.8 Å². The Kier molecular flexibility index (Phi) is 8.55. The lowest BCUT2D eigenvalue weighted by Gasteiger charge is -2.29. The molecular formula is C27H30ClN3O3S. The van der Waals surface area contributed by atoms with Crippen LogP contribution in [0.15, 0.2) is 64.5 Å². The average molecular weight is 512 g/mol. The van der Waals surface area contributed by atoms with Crippen LogP contribution in [0, 0.1) is 0 Å². The van der Waals surface area contributed by atoms with Gasteiger partial charge in [0.05, 0.1) is 13.2 Å². The van der Waals surface area contributed by atoms with Crippen LogP contribution in [0.25, 0.3) is 5.70 Å². The molecule has 0 aromatic heterocycles. The molecule has 2 N–H and O–H groups in total. The van der Waals surface area contributed by atoms with Crippen molar-refractivity contribution in [1.29, 1.82) is 0 Å². The molecule has 2 aromatic rings. The molecule has 0 unspecified atom stereocenters. The van der Waals surface area contributed by atoms with Crippen LogP contribution >= 0.6 is 23.4 Å². The van der Waals surface area contributed by atoms with Gasteiger partial charge < -0.3 is 20.3 Å². The topological polar surface area (TPSA) is 70.7 Å². The van der Waals surface area contributed by atoms with Crippen LogP contribution in [0.3, 0.4) is 0 Å². The predicted octanol–water partition coefficient (Wildman–Crippen LogP) is 4.83. The van der Waals surface area contributed by atoms with E-state index in [-0.39, 0.29) is 17.7 Å². The second-order valence-corrected chi connectivity index (χ2v) is 9.95. The number of nitrogens with one attached hydrogen (secondary N) is 2. The third kappa shape index (κ3) is 6.48. The number of amides is 2. The monoisotopic (exact) mass is 511 g/mol. The SMILES string of the molecule is C=C(NC(=O)/C=C(\C)N1CCOCC1)c1cccc2c1CCCc1ccc(NC(=O)CCl)cc1S2. The molecule has 2 aliphatic heterocycles. The van der Waals surface area contributed by atoms with Crippen LogP contribution in [-0.4, -0.2) is 48.9 Å². The van der Waals surface area contributed by atoms with Crippen molar-refractivity contribution < 1.29 is 14.3 Å². The Hall–Kier alpha value is -2.74. The molecule has 0 saturated carbocycles. The zero-order valence-corrected chi connectivity index (χ0v) is 21.4. The number of carbonyl (C=O) groups is 2. The first kappa shape index (κ1) is 25.4. The number of halogens is 1. The third-order valence-electron chi connectivity index (χ3n) is 6.15. The Morgan fingerprint density at radius 1 is 1.17 bits per heavy atom. The number of anilines is 1. The highest BCUT2D eigenvalue weighted by Crippen LogP contribution is 2.39. The molecular weight excluding hydrogens is 482 g/mol. The van der Waals surface area contributed by atoms with Crippen molar-refractivity contribution in [1.82, 2.24) is 10.2 Å². The molecule has 2 aliphatic rings. The zero-order chi connectivity index (χ0) is 24.8. The standard InChI is InChI=1S/C27H30ClN3O3S/c1-18(31-11-13-34-14-12-31)15-26(32)29-19(2)22-6-4-8-24-23(22)7-3-5-20-9-10-21(16-25(20)35-24)30-27(33)17-28/h4,6,8-10,15-16H,2-3,5,7,11-14,17H2,1H3,(H,29,32)(H,30,33)/b18-15+. The molecule has 35 heavy (non-hydrogen) atoms. The third-order valence-corrected chi connectivity index (χ3v) is 7.59. The summed E-state index contributed by atoms with van der Waals surface area (Å²) in [5, 5.41) is 5.80. The predicted molar refractivity (Wildman–Crippen MR) is 142 cm³/mol. The van der Waals surface area contributed by atoms with Crippen LogP contribution in [0.2, 0.25) is 0 Å².